The summed E-state index contributed by atoms with van der Waals surface area (Å²) in [7, 11) is -3.94. The van der Waals surface area contributed by atoms with Crippen molar-refractivity contribution in [2.45, 2.75) is 29.8 Å². The lowest BCUT2D eigenvalue weighted by atomic mass is 10.2. The van der Waals surface area contributed by atoms with E-state index < -0.39 is 15.7 Å². The molecule has 0 aliphatic rings. The molecule has 0 unspecified atom stereocenters. The van der Waals surface area contributed by atoms with Crippen molar-refractivity contribution in [3.63, 3.8) is 0 Å². The SMILES string of the molecule is CCc1ccc(S(=O)(=O)c2nc(-c3ccc(F)cc3)oc2NCc2ccccc2)cc1. The molecule has 1 aromatic heterocycles. The van der Waals surface area contributed by atoms with Gasteiger partial charge >= 0.3 is 0 Å². The highest BCUT2D eigenvalue weighted by Crippen LogP contribution is 2.33. The van der Waals surface area contributed by atoms with Crippen molar-refractivity contribution < 1.29 is 17.2 Å². The minimum absolute atomic E-state index is 0.0442. The average Bonchev–Trinajstić information content (AvgIpc) is 3.24. The Hall–Kier alpha value is -3.45. The third kappa shape index (κ3) is 4.51. The van der Waals surface area contributed by atoms with Crippen molar-refractivity contribution in [2.24, 2.45) is 0 Å². The second-order valence-corrected chi connectivity index (χ2v) is 8.87. The Kier molecular flexibility index (Phi) is 5.86. The van der Waals surface area contributed by atoms with Crippen LogP contribution < -0.4 is 5.32 Å². The number of rotatable bonds is 7. The van der Waals surface area contributed by atoms with Crippen molar-refractivity contribution in [1.29, 1.82) is 0 Å². The Labute approximate surface area is 180 Å². The number of anilines is 1. The summed E-state index contributed by atoms with van der Waals surface area (Å²) >= 11 is 0. The van der Waals surface area contributed by atoms with Crippen molar-refractivity contribution in [1.82, 2.24) is 4.98 Å². The molecule has 0 spiro atoms. The molecule has 1 N–H and O–H groups in total. The van der Waals surface area contributed by atoms with Crippen LogP contribution in [0.15, 0.2) is 93.2 Å². The van der Waals surface area contributed by atoms with Crippen molar-refractivity contribution in [2.75, 3.05) is 5.32 Å². The zero-order valence-corrected chi connectivity index (χ0v) is 17.7. The van der Waals surface area contributed by atoms with E-state index in [1.807, 2.05) is 37.3 Å². The highest BCUT2D eigenvalue weighted by atomic mass is 32.2. The van der Waals surface area contributed by atoms with Crippen LogP contribution in [0.2, 0.25) is 0 Å². The number of aromatic nitrogens is 1. The van der Waals surface area contributed by atoms with E-state index in [2.05, 4.69) is 10.3 Å². The van der Waals surface area contributed by atoms with Crippen LogP contribution >= 0.6 is 0 Å². The summed E-state index contributed by atoms with van der Waals surface area (Å²) in [6.07, 6.45) is 0.808. The smallest absolute Gasteiger partial charge is 0.234 e. The number of benzene rings is 3. The molecule has 31 heavy (non-hydrogen) atoms. The van der Waals surface area contributed by atoms with Crippen LogP contribution in [0.4, 0.5) is 10.3 Å². The lowest BCUT2D eigenvalue weighted by Gasteiger charge is -2.07. The van der Waals surface area contributed by atoms with Crippen LogP contribution in [0.3, 0.4) is 0 Å². The average molecular weight is 437 g/mol. The zero-order valence-electron chi connectivity index (χ0n) is 16.9. The first-order chi connectivity index (χ1) is 15.0. The number of nitrogens with zero attached hydrogens (tertiary/aromatic N) is 1. The molecule has 0 aliphatic heterocycles. The Bertz CT molecular complexity index is 1270. The van der Waals surface area contributed by atoms with Crippen LogP contribution in [0.1, 0.15) is 18.1 Å². The molecule has 0 atom stereocenters. The van der Waals surface area contributed by atoms with Gasteiger partial charge in [-0.3, -0.25) is 0 Å². The Balaban J connectivity index is 1.75. The fraction of sp³-hybridized carbons (Fsp3) is 0.125. The quantitative estimate of drug-likeness (QED) is 0.415. The number of sulfone groups is 1. The fourth-order valence-corrected chi connectivity index (χ4v) is 4.39. The molecule has 4 aromatic rings. The topological polar surface area (TPSA) is 72.2 Å². The highest BCUT2D eigenvalue weighted by molar-refractivity contribution is 7.91. The molecule has 0 radical (unpaired) electrons. The maximum Gasteiger partial charge on any atom is 0.234 e. The molecular formula is C24H21FN2O3S. The summed E-state index contributed by atoms with van der Waals surface area (Å²) in [6.45, 7) is 2.36. The number of hydrogen-bond acceptors (Lipinski definition) is 5. The van der Waals surface area contributed by atoms with Crippen LogP contribution in [0.5, 0.6) is 0 Å². The van der Waals surface area contributed by atoms with Gasteiger partial charge in [0.1, 0.15) is 5.82 Å². The van der Waals surface area contributed by atoms with Gasteiger partial charge in [0.2, 0.25) is 26.6 Å². The van der Waals surface area contributed by atoms with E-state index in [1.165, 1.54) is 24.3 Å². The summed E-state index contributed by atoms with van der Waals surface area (Å²) in [5.74, 6) is -0.261. The van der Waals surface area contributed by atoms with Gasteiger partial charge in [-0.1, -0.05) is 49.4 Å². The molecule has 158 valence electrons. The van der Waals surface area contributed by atoms with Gasteiger partial charge in [0, 0.05) is 12.1 Å². The van der Waals surface area contributed by atoms with E-state index >= 15 is 0 Å². The number of hydrogen-bond donors (Lipinski definition) is 1. The maximum absolute atomic E-state index is 13.3. The third-order valence-electron chi connectivity index (χ3n) is 4.88. The Morgan fingerprint density at radius 3 is 2.23 bits per heavy atom. The first-order valence-electron chi connectivity index (χ1n) is 9.86. The van der Waals surface area contributed by atoms with E-state index in [4.69, 9.17) is 4.42 Å². The van der Waals surface area contributed by atoms with Crippen molar-refractivity contribution in [3.8, 4) is 11.5 Å². The summed E-state index contributed by atoms with van der Waals surface area (Å²) < 4.78 is 45.8. The minimum atomic E-state index is -3.94. The third-order valence-corrected chi connectivity index (χ3v) is 6.56. The second-order valence-electron chi connectivity index (χ2n) is 7.00. The zero-order chi connectivity index (χ0) is 21.8. The predicted octanol–water partition coefficient (Wildman–Crippen LogP) is 5.49. The predicted molar refractivity (Wildman–Crippen MR) is 117 cm³/mol. The molecule has 0 fully saturated rings. The lowest BCUT2D eigenvalue weighted by molar-refractivity contribution is 0.576. The molecule has 0 bridgehead atoms. The van der Waals surface area contributed by atoms with E-state index in [-0.39, 0.29) is 21.7 Å². The summed E-state index contributed by atoms with van der Waals surface area (Å²) in [4.78, 5) is 4.40. The van der Waals surface area contributed by atoms with Crippen LogP contribution in [-0.2, 0) is 22.8 Å². The fourth-order valence-electron chi connectivity index (χ4n) is 3.11. The van der Waals surface area contributed by atoms with Crippen LogP contribution in [0.25, 0.3) is 11.5 Å². The summed E-state index contributed by atoms with van der Waals surface area (Å²) in [6, 6.07) is 21.8. The van der Waals surface area contributed by atoms with Gasteiger partial charge < -0.3 is 9.73 Å². The van der Waals surface area contributed by atoms with Gasteiger partial charge in [-0.2, -0.15) is 4.98 Å². The number of aryl methyl sites for hydroxylation is 1. The molecule has 3 aromatic carbocycles. The second kappa shape index (κ2) is 8.73. The van der Waals surface area contributed by atoms with Crippen molar-refractivity contribution >= 4 is 15.7 Å². The first-order valence-corrected chi connectivity index (χ1v) is 11.3. The highest BCUT2D eigenvalue weighted by Gasteiger charge is 2.28. The van der Waals surface area contributed by atoms with E-state index in [1.54, 1.807) is 24.3 Å². The van der Waals surface area contributed by atoms with Gasteiger partial charge in [0.15, 0.2) is 0 Å². The van der Waals surface area contributed by atoms with E-state index in [0.29, 0.717) is 12.1 Å². The van der Waals surface area contributed by atoms with Gasteiger partial charge in [-0.05, 0) is 53.9 Å². The standard InChI is InChI=1S/C24H21FN2O3S/c1-2-17-8-14-21(15-9-17)31(28,29)24-23(26-16-18-6-4-3-5-7-18)30-22(27-24)19-10-12-20(25)13-11-19/h3-15,26H,2,16H2,1H3. The number of oxazole rings is 1. The van der Waals surface area contributed by atoms with Gasteiger partial charge in [0.25, 0.3) is 0 Å². The molecular weight excluding hydrogens is 415 g/mol. The van der Waals surface area contributed by atoms with E-state index in [0.717, 1.165) is 17.5 Å². The van der Waals surface area contributed by atoms with Gasteiger partial charge in [-0.15, -0.1) is 0 Å². The maximum atomic E-state index is 13.3. The molecule has 0 amide bonds. The monoisotopic (exact) mass is 436 g/mol. The number of halogens is 1. The Morgan fingerprint density at radius 2 is 1.58 bits per heavy atom. The molecule has 0 saturated heterocycles. The normalized spacial score (nSPS) is 11.4. The summed E-state index contributed by atoms with van der Waals surface area (Å²) in [5, 5.41) is 2.85. The van der Waals surface area contributed by atoms with Crippen LogP contribution in [-0.4, -0.2) is 13.4 Å². The largest absolute Gasteiger partial charge is 0.419 e. The lowest BCUT2D eigenvalue weighted by Crippen LogP contribution is -2.07. The summed E-state index contributed by atoms with van der Waals surface area (Å²) in [5.41, 5.74) is 2.47. The molecule has 0 saturated carbocycles. The molecule has 7 heteroatoms. The molecule has 0 aliphatic carbocycles. The van der Waals surface area contributed by atoms with Crippen LogP contribution in [0, 0.1) is 5.82 Å². The first kappa shape index (κ1) is 20.8. The van der Waals surface area contributed by atoms with Gasteiger partial charge in [0.05, 0.1) is 4.90 Å². The number of nitrogens with one attached hydrogen (secondary N) is 1. The minimum Gasteiger partial charge on any atom is -0.419 e. The molecule has 1 heterocycles. The molecule has 4 rings (SSSR count). The molecule has 5 nitrogen and oxygen atoms in total. The Morgan fingerprint density at radius 1 is 0.903 bits per heavy atom. The van der Waals surface area contributed by atoms with E-state index in [9.17, 15) is 12.8 Å². The van der Waals surface area contributed by atoms with Crippen molar-refractivity contribution in [3.05, 3.63) is 95.8 Å². The van der Waals surface area contributed by atoms with Gasteiger partial charge in [-0.25, -0.2) is 12.8 Å².